The molecule has 0 spiro atoms. The van der Waals surface area contributed by atoms with Crippen LogP contribution in [0.15, 0.2) is 73.1 Å². The van der Waals surface area contributed by atoms with Crippen molar-refractivity contribution in [3.05, 3.63) is 78.2 Å². The van der Waals surface area contributed by atoms with Crippen molar-refractivity contribution in [2.75, 3.05) is 0 Å². The molecule has 0 bridgehead atoms. The van der Waals surface area contributed by atoms with Crippen LogP contribution in [0, 0.1) is 0 Å². The van der Waals surface area contributed by atoms with Crippen molar-refractivity contribution in [3.63, 3.8) is 0 Å². The second kappa shape index (κ2) is 5.78. The smallest absolute Gasteiger partial charge is 0.138 e. The monoisotopic (exact) mass is 320 g/mol. The van der Waals surface area contributed by atoms with Crippen LogP contribution in [0.5, 0.6) is 11.5 Å². The molecule has 0 saturated carbocycles. The van der Waals surface area contributed by atoms with Gasteiger partial charge in [-0.05, 0) is 35.9 Å². The summed E-state index contributed by atoms with van der Waals surface area (Å²) >= 11 is 6.24. The van der Waals surface area contributed by atoms with Crippen molar-refractivity contribution < 1.29 is 4.74 Å². The molecule has 0 aliphatic carbocycles. The lowest BCUT2D eigenvalue weighted by atomic mass is 10.1. The Labute approximate surface area is 138 Å². The molecule has 1 N–H and O–H groups in total. The largest absolute Gasteiger partial charge is 0.457 e. The molecule has 0 saturated heterocycles. The lowest BCUT2D eigenvalue weighted by Crippen LogP contribution is -1.84. The van der Waals surface area contributed by atoms with Gasteiger partial charge in [-0.3, -0.25) is 0 Å². The number of benzene rings is 2. The summed E-state index contributed by atoms with van der Waals surface area (Å²) in [5, 5.41) is 1.44. The van der Waals surface area contributed by atoms with Gasteiger partial charge in [0.25, 0.3) is 0 Å². The molecular formula is C19H13ClN2O. The Morgan fingerprint density at radius 3 is 2.39 bits per heavy atom. The maximum absolute atomic E-state index is 6.24. The third-order valence-corrected chi connectivity index (χ3v) is 3.98. The maximum atomic E-state index is 6.24. The van der Waals surface area contributed by atoms with Gasteiger partial charge in [0.15, 0.2) is 0 Å². The molecule has 4 rings (SSSR count). The summed E-state index contributed by atoms with van der Waals surface area (Å²) in [6.45, 7) is 0. The number of hydrogen-bond donors (Lipinski definition) is 1. The number of para-hydroxylation sites is 1. The van der Waals surface area contributed by atoms with E-state index in [1.54, 1.807) is 6.20 Å². The molecule has 4 aromatic rings. The molecule has 23 heavy (non-hydrogen) atoms. The number of hydrogen-bond acceptors (Lipinski definition) is 2. The van der Waals surface area contributed by atoms with Gasteiger partial charge in [-0.25, -0.2) is 4.98 Å². The highest BCUT2D eigenvalue weighted by molar-refractivity contribution is 6.35. The highest BCUT2D eigenvalue weighted by Crippen LogP contribution is 2.33. The highest BCUT2D eigenvalue weighted by Gasteiger charge is 2.10. The first kappa shape index (κ1) is 13.9. The molecule has 0 radical (unpaired) electrons. The predicted molar refractivity (Wildman–Crippen MR) is 93.1 cm³/mol. The molecule has 0 aliphatic rings. The summed E-state index contributed by atoms with van der Waals surface area (Å²) in [5.41, 5.74) is 3.07. The molecule has 4 heteroatoms. The fourth-order valence-electron chi connectivity index (χ4n) is 2.59. The summed E-state index contributed by atoms with van der Waals surface area (Å²) in [6, 6.07) is 19.6. The Balaban J connectivity index is 1.67. The Morgan fingerprint density at radius 1 is 0.870 bits per heavy atom. The van der Waals surface area contributed by atoms with E-state index in [9.17, 15) is 0 Å². The van der Waals surface area contributed by atoms with Crippen molar-refractivity contribution in [1.82, 2.24) is 9.97 Å². The quantitative estimate of drug-likeness (QED) is 0.493. The van der Waals surface area contributed by atoms with Crippen molar-refractivity contribution in [1.29, 1.82) is 0 Å². The van der Waals surface area contributed by atoms with E-state index in [1.165, 1.54) is 0 Å². The second-order valence-electron chi connectivity index (χ2n) is 5.17. The fourth-order valence-corrected chi connectivity index (χ4v) is 2.85. The van der Waals surface area contributed by atoms with Gasteiger partial charge in [-0.2, -0.15) is 0 Å². The number of nitrogens with one attached hydrogen (secondary N) is 1. The summed E-state index contributed by atoms with van der Waals surface area (Å²) in [6.07, 6.45) is 3.65. The first-order valence-electron chi connectivity index (χ1n) is 7.26. The molecule has 0 fully saturated rings. The van der Waals surface area contributed by atoms with Crippen LogP contribution in [-0.4, -0.2) is 9.97 Å². The van der Waals surface area contributed by atoms with Crippen LogP contribution < -0.4 is 4.74 Å². The first-order valence-corrected chi connectivity index (χ1v) is 7.64. The average molecular weight is 321 g/mol. The molecule has 0 amide bonds. The van der Waals surface area contributed by atoms with E-state index in [-0.39, 0.29) is 0 Å². The average Bonchev–Trinajstić information content (AvgIpc) is 3.02. The third kappa shape index (κ3) is 2.67. The van der Waals surface area contributed by atoms with Crippen LogP contribution in [0.1, 0.15) is 0 Å². The van der Waals surface area contributed by atoms with Crippen LogP contribution in [0.3, 0.4) is 0 Å². The molecule has 0 aliphatic heterocycles. The molecule has 112 valence electrons. The van der Waals surface area contributed by atoms with E-state index in [0.29, 0.717) is 5.15 Å². The van der Waals surface area contributed by atoms with Gasteiger partial charge in [-0.15, -0.1) is 0 Å². The molecular weight excluding hydrogens is 308 g/mol. The van der Waals surface area contributed by atoms with Crippen molar-refractivity contribution in [3.8, 4) is 22.6 Å². The van der Waals surface area contributed by atoms with Crippen LogP contribution in [0.2, 0.25) is 5.15 Å². The minimum absolute atomic E-state index is 0.503. The highest BCUT2D eigenvalue weighted by atomic mass is 35.5. The Kier molecular flexibility index (Phi) is 3.48. The van der Waals surface area contributed by atoms with Crippen LogP contribution in [0.25, 0.3) is 22.0 Å². The molecule has 2 aromatic heterocycles. The summed E-state index contributed by atoms with van der Waals surface area (Å²) in [4.78, 5) is 7.39. The van der Waals surface area contributed by atoms with Crippen molar-refractivity contribution >= 4 is 22.5 Å². The van der Waals surface area contributed by atoms with Gasteiger partial charge in [-0.1, -0.05) is 41.9 Å². The van der Waals surface area contributed by atoms with Gasteiger partial charge in [0.2, 0.25) is 0 Å². The SMILES string of the molecule is Clc1nccc2[nH]cc(-c3ccc(Oc4ccccc4)cc3)c12. The van der Waals surface area contributed by atoms with Gasteiger partial charge in [0, 0.05) is 23.3 Å². The minimum atomic E-state index is 0.503. The number of halogens is 1. The van der Waals surface area contributed by atoms with E-state index >= 15 is 0 Å². The number of aromatic nitrogens is 2. The standard InChI is InChI=1S/C19H13ClN2O/c20-19-18-16(12-22-17(18)10-11-21-19)13-6-8-15(9-7-13)23-14-4-2-1-3-5-14/h1-12,22H. The van der Waals surface area contributed by atoms with Crippen LogP contribution >= 0.6 is 11.6 Å². The number of pyridine rings is 1. The number of nitrogens with zero attached hydrogens (tertiary/aromatic N) is 1. The van der Waals surface area contributed by atoms with Gasteiger partial charge in [0.05, 0.1) is 5.52 Å². The summed E-state index contributed by atoms with van der Waals surface area (Å²) in [7, 11) is 0. The van der Waals surface area contributed by atoms with Gasteiger partial charge in [0.1, 0.15) is 16.7 Å². The number of aromatic amines is 1. The Morgan fingerprint density at radius 2 is 1.61 bits per heavy atom. The Hall–Kier alpha value is -2.78. The summed E-state index contributed by atoms with van der Waals surface area (Å²) < 4.78 is 5.82. The first-order chi connectivity index (χ1) is 11.3. The van der Waals surface area contributed by atoms with Gasteiger partial charge >= 0.3 is 0 Å². The number of H-pyrrole nitrogens is 1. The Bertz CT molecular complexity index is 946. The van der Waals surface area contributed by atoms with E-state index in [1.807, 2.05) is 66.9 Å². The molecule has 0 atom stereocenters. The predicted octanol–water partition coefficient (Wildman–Crippen LogP) is 5.68. The normalized spacial score (nSPS) is 10.8. The lowest BCUT2D eigenvalue weighted by molar-refractivity contribution is 0.483. The second-order valence-corrected chi connectivity index (χ2v) is 5.52. The van der Waals surface area contributed by atoms with Crippen LogP contribution in [-0.2, 0) is 0 Å². The molecule has 2 heterocycles. The summed E-state index contributed by atoms with van der Waals surface area (Å²) in [5.74, 6) is 1.61. The molecule has 3 nitrogen and oxygen atoms in total. The zero-order valence-electron chi connectivity index (χ0n) is 12.2. The minimum Gasteiger partial charge on any atom is -0.457 e. The van der Waals surface area contributed by atoms with Crippen LogP contribution in [0.4, 0.5) is 0 Å². The lowest BCUT2D eigenvalue weighted by Gasteiger charge is -2.06. The third-order valence-electron chi connectivity index (χ3n) is 3.69. The van der Waals surface area contributed by atoms with Crippen molar-refractivity contribution in [2.45, 2.75) is 0 Å². The van der Waals surface area contributed by atoms with Crippen molar-refractivity contribution in [2.24, 2.45) is 0 Å². The maximum Gasteiger partial charge on any atom is 0.138 e. The van der Waals surface area contributed by atoms with Gasteiger partial charge < -0.3 is 9.72 Å². The fraction of sp³-hybridized carbons (Fsp3) is 0. The molecule has 2 aromatic carbocycles. The van der Waals surface area contributed by atoms with E-state index in [2.05, 4.69) is 9.97 Å². The number of ether oxygens (including phenoxy) is 1. The zero-order valence-corrected chi connectivity index (χ0v) is 12.9. The van der Waals surface area contributed by atoms with E-state index in [0.717, 1.165) is 33.5 Å². The number of fused-ring (bicyclic) bond motifs is 1. The number of rotatable bonds is 3. The van der Waals surface area contributed by atoms with E-state index < -0.39 is 0 Å². The zero-order chi connectivity index (χ0) is 15.6. The topological polar surface area (TPSA) is 37.9 Å². The van der Waals surface area contributed by atoms with E-state index in [4.69, 9.17) is 16.3 Å². The molecule has 0 unspecified atom stereocenters.